The number of hydrogen-bond acceptors (Lipinski definition) is 4. The average Bonchev–Trinajstić information content (AvgIpc) is 2.64. The van der Waals surface area contributed by atoms with Crippen LogP contribution in [0.4, 0.5) is 13.2 Å². The van der Waals surface area contributed by atoms with Crippen LogP contribution in [0.2, 0.25) is 0 Å². The summed E-state index contributed by atoms with van der Waals surface area (Å²) < 4.78 is 51.3. The van der Waals surface area contributed by atoms with Gasteiger partial charge in [0, 0.05) is 25.0 Å². The third kappa shape index (κ3) is 5.57. The quantitative estimate of drug-likeness (QED) is 0.602. The first kappa shape index (κ1) is 21.8. The van der Waals surface area contributed by atoms with E-state index in [1.807, 2.05) is 13.8 Å². The Morgan fingerprint density at radius 1 is 1.17 bits per heavy atom. The summed E-state index contributed by atoms with van der Waals surface area (Å²) in [7, 11) is 0. The summed E-state index contributed by atoms with van der Waals surface area (Å²) in [5, 5.41) is 8.91. The molecule has 29 heavy (non-hydrogen) atoms. The number of nitriles is 1. The Labute approximate surface area is 170 Å². The highest BCUT2D eigenvalue weighted by Crippen LogP contribution is 2.40. The molecule has 4 nitrogen and oxygen atoms in total. The Balaban J connectivity index is 1.74. The number of piperidine rings is 2. The first-order valence-electron chi connectivity index (χ1n) is 10.4. The molecule has 2 fully saturated rings. The lowest BCUT2D eigenvalue weighted by Crippen LogP contribution is -2.54. The lowest BCUT2D eigenvalue weighted by Gasteiger charge is -2.48. The molecule has 0 saturated carbocycles. The van der Waals surface area contributed by atoms with Gasteiger partial charge in [-0.25, -0.2) is 0 Å². The van der Waals surface area contributed by atoms with Gasteiger partial charge in [-0.3, -0.25) is 4.90 Å². The first-order valence-corrected chi connectivity index (χ1v) is 10.4. The maximum Gasteiger partial charge on any atom is 0.416 e. The van der Waals surface area contributed by atoms with Gasteiger partial charge >= 0.3 is 6.18 Å². The van der Waals surface area contributed by atoms with Gasteiger partial charge in [-0.15, -0.1) is 0 Å². The van der Waals surface area contributed by atoms with Crippen molar-refractivity contribution in [2.45, 2.75) is 76.7 Å². The Morgan fingerprint density at radius 2 is 1.86 bits per heavy atom. The van der Waals surface area contributed by atoms with E-state index in [-0.39, 0.29) is 17.8 Å². The third-order valence-corrected chi connectivity index (χ3v) is 5.70. The molecule has 1 aromatic rings. The second-order valence-electron chi connectivity index (χ2n) is 8.46. The first-order chi connectivity index (χ1) is 13.8. The predicted octanol–water partition coefficient (Wildman–Crippen LogP) is 5.42. The Kier molecular flexibility index (Phi) is 6.94. The second-order valence-corrected chi connectivity index (χ2v) is 8.46. The van der Waals surface area contributed by atoms with E-state index < -0.39 is 11.7 Å². The van der Waals surface area contributed by atoms with E-state index >= 15 is 0 Å². The molecular formula is C22H29F3N2O2. The minimum absolute atomic E-state index is 0.0539. The van der Waals surface area contributed by atoms with E-state index in [9.17, 15) is 13.2 Å². The van der Waals surface area contributed by atoms with Crippen molar-refractivity contribution in [1.82, 2.24) is 4.90 Å². The van der Waals surface area contributed by atoms with Gasteiger partial charge in [0.15, 0.2) is 11.5 Å². The zero-order valence-electron chi connectivity index (χ0n) is 17.0. The highest BCUT2D eigenvalue weighted by Gasteiger charge is 2.39. The van der Waals surface area contributed by atoms with Crippen molar-refractivity contribution < 1.29 is 22.6 Å². The summed E-state index contributed by atoms with van der Waals surface area (Å²) in [6.07, 6.45) is 1.02. The zero-order chi connectivity index (χ0) is 21.0. The van der Waals surface area contributed by atoms with Crippen LogP contribution in [0.1, 0.15) is 57.9 Å². The summed E-state index contributed by atoms with van der Waals surface area (Å²) in [6, 6.07) is 6.45. The van der Waals surface area contributed by atoms with E-state index in [0.717, 1.165) is 44.4 Å². The molecule has 2 saturated heterocycles. The van der Waals surface area contributed by atoms with Crippen LogP contribution >= 0.6 is 0 Å². The standard InChI is InChI=1S/C22H29F3N2O2/c1-15(2)14-28-21-11-16(22(23,24)25)7-8-20(21)29-19-12-17-5-3-6-18(13-19)27(17)10-4-9-26/h7-8,11,15,17-19H,3-6,10,12-14H2,1-2H3/t17-,18+,19+. The number of ether oxygens (including phenoxy) is 2. The Bertz CT molecular complexity index is 716. The molecule has 2 heterocycles. The molecule has 0 spiro atoms. The molecule has 3 atom stereocenters. The van der Waals surface area contributed by atoms with Gasteiger partial charge in [-0.1, -0.05) is 20.3 Å². The largest absolute Gasteiger partial charge is 0.489 e. The SMILES string of the molecule is CC(C)COc1cc(C(F)(F)F)ccc1O[C@H]1C[C@H]2CCC[C@@H](C1)N2CCC#N. The molecule has 7 heteroatoms. The smallest absolute Gasteiger partial charge is 0.416 e. The number of nitrogens with zero attached hydrogens (tertiary/aromatic N) is 2. The van der Waals surface area contributed by atoms with Crippen LogP contribution in [0.25, 0.3) is 0 Å². The molecule has 0 unspecified atom stereocenters. The van der Waals surface area contributed by atoms with Gasteiger partial charge in [0.1, 0.15) is 6.10 Å². The van der Waals surface area contributed by atoms with Crippen LogP contribution < -0.4 is 9.47 Å². The van der Waals surface area contributed by atoms with E-state index in [4.69, 9.17) is 14.7 Å². The van der Waals surface area contributed by atoms with Gasteiger partial charge in [0.25, 0.3) is 0 Å². The van der Waals surface area contributed by atoms with Gasteiger partial charge in [0.05, 0.1) is 18.2 Å². The van der Waals surface area contributed by atoms with Crippen molar-refractivity contribution >= 4 is 0 Å². The topological polar surface area (TPSA) is 45.5 Å². The summed E-state index contributed by atoms with van der Waals surface area (Å²) in [5.74, 6) is 0.734. The van der Waals surface area contributed by atoms with E-state index in [0.29, 0.717) is 30.9 Å². The van der Waals surface area contributed by atoms with Crippen LogP contribution in [0.3, 0.4) is 0 Å². The molecule has 1 aromatic carbocycles. The van der Waals surface area contributed by atoms with Crippen LogP contribution in [-0.4, -0.2) is 36.2 Å². The van der Waals surface area contributed by atoms with Gasteiger partial charge < -0.3 is 9.47 Å². The summed E-state index contributed by atoms with van der Waals surface area (Å²) >= 11 is 0. The minimum Gasteiger partial charge on any atom is -0.489 e. The molecule has 0 aromatic heterocycles. The van der Waals surface area contributed by atoms with E-state index in [1.54, 1.807) is 0 Å². The normalized spacial score (nSPS) is 24.9. The van der Waals surface area contributed by atoms with Gasteiger partial charge in [-0.05, 0) is 49.8 Å². The number of benzene rings is 1. The second kappa shape index (κ2) is 9.25. The van der Waals surface area contributed by atoms with Crippen molar-refractivity contribution in [3.63, 3.8) is 0 Å². The molecule has 160 valence electrons. The molecule has 0 radical (unpaired) electrons. The summed E-state index contributed by atoms with van der Waals surface area (Å²) in [6.45, 7) is 5.01. The fraction of sp³-hybridized carbons (Fsp3) is 0.682. The van der Waals surface area contributed by atoms with E-state index in [2.05, 4.69) is 11.0 Å². The molecule has 2 aliphatic heterocycles. The van der Waals surface area contributed by atoms with Crippen LogP contribution in [0, 0.1) is 17.2 Å². The number of halogens is 3. The lowest BCUT2D eigenvalue weighted by atomic mass is 9.82. The maximum absolute atomic E-state index is 13.1. The van der Waals surface area contributed by atoms with Crippen molar-refractivity contribution in [3.05, 3.63) is 23.8 Å². The van der Waals surface area contributed by atoms with Crippen molar-refractivity contribution in [2.24, 2.45) is 5.92 Å². The molecule has 0 N–H and O–H groups in total. The third-order valence-electron chi connectivity index (χ3n) is 5.70. The number of rotatable bonds is 7. The van der Waals surface area contributed by atoms with Gasteiger partial charge in [0.2, 0.25) is 0 Å². The van der Waals surface area contributed by atoms with Crippen LogP contribution in [0.5, 0.6) is 11.5 Å². The molecule has 3 rings (SSSR count). The fourth-order valence-electron chi connectivity index (χ4n) is 4.40. The number of hydrogen-bond donors (Lipinski definition) is 0. The Hall–Kier alpha value is -1.94. The van der Waals surface area contributed by atoms with E-state index in [1.165, 1.54) is 12.5 Å². The van der Waals surface area contributed by atoms with Crippen molar-refractivity contribution in [1.29, 1.82) is 5.26 Å². The summed E-state index contributed by atoms with van der Waals surface area (Å²) in [4.78, 5) is 2.43. The molecule has 0 aliphatic carbocycles. The fourth-order valence-corrected chi connectivity index (χ4v) is 4.40. The van der Waals surface area contributed by atoms with Crippen LogP contribution in [0.15, 0.2) is 18.2 Å². The Morgan fingerprint density at radius 3 is 2.45 bits per heavy atom. The summed E-state index contributed by atoms with van der Waals surface area (Å²) in [5.41, 5.74) is -0.730. The monoisotopic (exact) mass is 410 g/mol. The molecule has 2 bridgehead atoms. The zero-order valence-corrected chi connectivity index (χ0v) is 17.0. The van der Waals surface area contributed by atoms with Crippen molar-refractivity contribution in [2.75, 3.05) is 13.2 Å². The highest BCUT2D eigenvalue weighted by atomic mass is 19.4. The van der Waals surface area contributed by atoms with Crippen molar-refractivity contribution in [3.8, 4) is 17.6 Å². The highest BCUT2D eigenvalue weighted by molar-refractivity contribution is 5.44. The number of alkyl halides is 3. The molecule has 0 amide bonds. The minimum atomic E-state index is -4.42. The molecular weight excluding hydrogens is 381 g/mol. The molecule has 2 aliphatic rings. The van der Waals surface area contributed by atoms with Gasteiger partial charge in [-0.2, -0.15) is 18.4 Å². The number of fused-ring (bicyclic) bond motifs is 2. The maximum atomic E-state index is 13.1. The lowest BCUT2D eigenvalue weighted by molar-refractivity contribution is -0.137. The van der Waals surface area contributed by atoms with Crippen LogP contribution in [-0.2, 0) is 6.18 Å². The predicted molar refractivity (Wildman–Crippen MR) is 104 cm³/mol. The average molecular weight is 410 g/mol.